The van der Waals surface area contributed by atoms with Crippen molar-refractivity contribution >= 4 is 10.9 Å². The van der Waals surface area contributed by atoms with Gasteiger partial charge in [-0.3, -0.25) is 9.36 Å². The molecule has 5 aromatic carbocycles. The van der Waals surface area contributed by atoms with Crippen LogP contribution in [0.4, 0.5) is 0 Å². The highest BCUT2D eigenvalue weighted by molar-refractivity contribution is 5.81. The molecule has 0 amide bonds. The van der Waals surface area contributed by atoms with Crippen LogP contribution in [-0.4, -0.2) is 19.5 Å². The molecular formula is C36H24N4O. The quantitative estimate of drug-likeness (QED) is 0.228. The molecule has 194 valence electrons. The third-order valence-electron chi connectivity index (χ3n) is 7.04. The summed E-state index contributed by atoms with van der Waals surface area (Å²) in [4.78, 5) is 28.8. The summed E-state index contributed by atoms with van der Waals surface area (Å²) in [5.74, 6) is 1.23. The van der Waals surface area contributed by atoms with E-state index in [0.717, 1.165) is 33.6 Å². The molecule has 0 saturated carbocycles. The number of fused-ring (bicyclic) bond motifs is 1. The van der Waals surface area contributed by atoms with Gasteiger partial charge >= 0.3 is 0 Å². The van der Waals surface area contributed by atoms with E-state index in [1.165, 1.54) is 0 Å². The van der Waals surface area contributed by atoms with Gasteiger partial charge in [0, 0.05) is 22.3 Å². The third kappa shape index (κ3) is 4.70. The first-order valence-electron chi connectivity index (χ1n) is 13.4. The van der Waals surface area contributed by atoms with Crippen LogP contribution in [-0.2, 0) is 0 Å². The summed E-state index contributed by atoms with van der Waals surface area (Å²) < 4.78 is 1.69. The molecule has 2 aromatic heterocycles. The summed E-state index contributed by atoms with van der Waals surface area (Å²) in [5, 5.41) is 0.567. The second kappa shape index (κ2) is 10.5. The van der Waals surface area contributed by atoms with Crippen molar-refractivity contribution in [2.75, 3.05) is 0 Å². The normalized spacial score (nSPS) is 11.0. The van der Waals surface area contributed by atoms with Crippen LogP contribution in [0.5, 0.6) is 0 Å². The Balaban J connectivity index is 1.44. The summed E-state index contributed by atoms with van der Waals surface area (Å²) in [5.41, 5.74) is 6.53. The van der Waals surface area contributed by atoms with Crippen molar-refractivity contribution in [3.8, 4) is 51.0 Å². The summed E-state index contributed by atoms with van der Waals surface area (Å²) in [6.07, 6.45) is 0. The minimum atomic E-state index is -0.121. The second-order valence-corrected chi connectivity index (χ2v) is 9.70. The molecule has 0 fully saturated rings. The lowest BCUT2D eigenvalue weighted by Gasteiger charge is -2.15. The standard InChI is InChI=1S/C36H24N4O/c41-36-30-21-10-11-22-31(30)39-35(27-17-8-3-9-18-27)40(36)29-20-12-19-28(23-29)33-24-32(25-13-4-1-5-14-25)37-34(38-33)26-15-6-2-7-16-26/h1-24H. The maximum Gasteiger partial charge on any atom is 0.266 e. The van der Waals surface area contributed by atoms with Crippen molar-refractivity contribution in [1.29, 1.82) is 0 Å². The largest absolute Gasteiger partial charge is 0.268 e. The zero-order valence-electron chi connectivity index (χ0n) is 22.1. The number of rotatable bonds is 5. The minimum absolute atomic E-state index is 0.121. The molecule has 0 N–H and O–H groups in total. The van der Waals surface area contributed by atoms with Gasteiger partial charge in [-0.05, 0) is 30.3 Å². The average molecular weight is 529 g/mol. The fourth-order valence-corrected chi connectivity index (χ4v) is 5.03. The van der Waals surface area contributed by atoms with Gasteiger partial charge in [-0.25, -0.2) is 15.0 Å². The van der Waals surface area contributed by atoms with E-state index in [1.54, 1.807) is 4.57 Å². The molecular weight excluding hydrogens is 504 g/mol. The monoisotopic (exact) mass is 528 g/mol. The first-order valence-corrected chi connectivity index (χ1v) is 13.4. The van der Waals surface area contributed by atoms with Gasteiger partial charge in [0.05, 0.1) is 28.0 Å². The number of aromatic nitrogens is 4. The Hall–Kier alpha value is -5.68. The van der Waals surface area contributed by atoms with E-state index >= 15 is 0 Å². The van der Waals surface area contributed by atoms with Gasteiger partial charge < -0.3 is 0 Å². The Morgan fingerprint density at radius 3 is 1.73 bits per heavy atom. The van der Waals surface area contributed by atoms with E-state index in [2.05, 4.69) is 0 Å². The van der Waals surface area contributed by atoms with Gasteiger partial charge in [0.25, 0.3) is 5.56 Å². The highest BCUT2D eigenvalue weighted by Gasteiger charge is 2.16. The van der Waals surface area contributed by atoms with Gasteiger partial charge in [-0.1, -0.05) is 115 Å². The number of hydrogen-bond donors (Lipinski definition) is 0. The summed E-state index contributed by atoms with van der Waals surface area (Å²) in [6.45, 7) is 0. The Morgan fingerprint density at radius 2 is 1.02 bits per heavy atom. The molecule has 0 unspecified atom stereocenters. The van der Waals surface area contributed by atoms with Crippen LogP contribution in [0.3, 0.4) is 0 Å². The van der Waals surface area contributed by atoms with Crippen molar-refractivity contribution < 1.29 is 0 Å². The lowest BCUT2D eigenvalue weighted by Crippen LogP contribution is -2.22. The SMILES string of the molecule is O=c1c2ccccc2nc(-c2ccccc2)n1-c1cccc(-c2cc(-c3ccccc3)nc(-c3ccccc3)n2)c1. The first kappa shape index (κ1) is 24.4. The molecule has 7 aromatic rings. The van der Waals surface area contributed by atoms with Crippen LogP contribution in [0.25, 0.3) is 61.9 Å². The van der Waals surface area contributed by atoms with Gasteiger partial charge in [-0.2, -0.15) is 0 Å². The highest BCUT2D eigenvalue weighted by atomic mass is 16.1. The molecule has 0 saturated heterocycles. The molecule has 0 aliphatic rings. The van der Waals surface area contributed by atoms with Crippen molar-refractivity contribution in [2.45, 2.75) is 0 Å². The molecule has 0 aliphatic heterocycles. The molecule has 0 aliphatic carbocycles. The Bertz CT molecular complexity index is 2000. The van der Waals surface area contributed by atoms with Crippen molar-refractivity contribution in [3.05, 3.63) is 156 Å². The van der Waals surface area contributed by atoms with Gasteiger partial charge in [0.2, 0.25) is 0 Å². The van der Waals surface area contributed by atoms with Crippen LogP contribution in [0.15, 0.2) is 150 Å². The van der Waals surface area contributed by atoms with E-state index in [-0.39, 0.29) is 5.56 Å². The number of benzene rings is 5. The summed E-state index contributed by atoms with van der Waals surface area (Å²) in [7, 11) is 0. The molecule has 0 atom stereocenters. The van der Waals surface area contributed by atoms with E-state index in [4.69, 9.17) is 15.0 Å². The fraction of sp³-hybridized carbons (Fsp3) is 0. The lowest BCUT2D eigenvalue weighted by molar-refractivity contribution is 0.976. The van der Waals surface area contributed by atoms with Crippen LogP contribution in [0.1, 0.15) is 0 Å². The smallest absolute Gasteiger partial charge is 0.266 e. The third-order valence-corrected chi connectivity index (χ3v) is 7.04. The molecule has 7 rings (SSSR count). The molecule has 0 radical (unpaired) electrons. The molecule has 0 bridgehead atoms. The van der Waals surface area contributed by atoms with Gasteiger partial charge in [-0.15, -0.1) is 0 Å². The number of para-hydroxylation sites is 1. The predicted molar refractivity (Wildman–Crippen MR) is 165 cm³/mol. The van der Waals surface area contributed by atoms with E-state index in [0.29, 0.717) is 28.2 Å². The molecule has 0 spiro atoms. The molecule has 41 heavy (non-hydrogen) atoms. The lowest BCUT2D eigenvalue weighted by atomic mass is 10.1. The summed E-state index contributed by atoms with van der Waals surface area (Å²) >= 11 is 0. The number of hydrogen-bond acceptors (Lipinski definition) is 4. The Labute approximate surface area is 237 Å². The zero-order chi connectivity index (χ0) is 27.6. The Kier molecular flexibility index (Phi) is 6.22. The van der Waals surface area contributed by atoms with Crippen molar-refractivity contribution in [2.24, 2.45) is 0 Å². The zero-order valence-corrected chi connectivity index (χ0v) is 22.1. The van der Waals surface area contributed by atoms with Crippen LogP contribution >= 0.6 is 0 Å². The topological polar surface area (TPSA) is 60.7 Å². The highest BCUT2D eigenvalue weighted by Crippen LogP contribution is 2.29. The van der Waals surface area contributed by atoms with E-state index in [1.807, 2.05) is 146 Å². The second-order valence-electron chi connectivity index (χ2n) is 9.70. The van der Waals surface area contributed by atoms with Crippen LogP contribution < -0.4 is 5.56 Å². The number of nitrogens with zero attached hydrogens (tertiary/aromatic N) is 4. The molecule has 5 nitrogen and oxygen atoms in total. The minimum Gasteiger partial charge on any atom is -0.268 e. The average Bonchev–Trinajstić information content (AvgIpc) is 3.06. The molecule has 5 heteroatoms. The van der Waals surface area contributed by atoms with Crippen molar-refractivity contribution in [1.82, 2.24) is 19.5 Å². The maximum absolute atomic E-state index is 13.9. The van der Waals surface area contributed by atoms with Gasteiger partial charge in [0.1, 0.15) is 5.82 Å². The first-order chi connectivity index (χ1) is 20.2. The summed E-state index contributed by atoms with van der Waals surface area (Å²) in [6, 6.07) is 47.2. The van der Waals surface area contributed by atoms with Gasteiger partial charge in [0.15, 0.2) is 5.82 Å². The fourth-order valence-electron chi connectivity index (χ4n) is 5.03. The van der Waals surface area contributed by atoms with E-state index in [9.17, 15) is 4.79 Å². The predicted octanol–water partition coefficient (Wildman–Crippen LogP) is 7.84. The van der Waals surface area contributed by atoms with Crippen LogP contribution in [0.2, 0.25) is 0 Å². The van der Waals surface area contributed by atoms with Crippen molar-refractivity contribution in [3.63, 3.8) is 0 Å². The molecule has 2 heterocycles. The van der Waals surface area contributed by atoms with E-state index < -0.39 is 0 Å². The Morgan fingerprint density at radius 1 is 0.463 bits per heavy atom. The maximum atomic E-state index is 13.9. The van der Waals surface area contributed by atoms with Crippen LogP contribution in [0, 0.1) is 0 Å².